The first kappa shape index (κ1) is 12.3. The third kappa shape index (κ3) is 1.86. The van der Waals surface area contributed by atoms with Gasteiger partial charge in [0.1, 0.15) is 10.7 Å². The van der Waals surface area contributed by atoms with Gasteiger partial charge < -0.3 is 9.47 Å². The smallest absolute Gasteiger partial charge is 0.231 e. The van der Waals surface area contributed by atoms with Gasteiger partial charge in [0.05, 0.1) is 4.47 Å². The van der Waals surface area contributed by atoms with Crippen molar-refractivity contribution in [3.63, 3.8) is 0 Å². The van der Waals surface area contributed by atoms with E-state index < -0.39 is 0 Å². The molecule has 1 aliphatic heterocycles. The zero-order valence-corrected chi connectivity index (χ0v) is 12.8. The average molecular weight is 352 g/mol. The lowest BCUT2D eigenvalue weighted by atomic mass is 10.0. The van der Waals surface area contributed by atoms with Gasteiger partial charge in [-0.1, -0.05) is 0 Å². The van der Waals surface area contributed by atoms with Crippen molar-refractivity contribution in [3.8, 4) is 22.1 Å². The molecule has 0 saturated carbocycles. The summed E-state index contributed by atoms with van der Waals surface area (Å²) in [7, 11) is 0. The van der Waals surface area contributed by atoms with Crippen molar-refractivity contribution >= 4 is 33.0 Å². The fraction of sp³-hybridized carbons (Fsp3) is 0.286. The van der Waals surface area contributed by atoms with Crippen molar-refractivity contribution < 1.29 is 14.3 Å². The minimum absolute atomic E-state index is 0.161. The molecule has 2 heterocycles. The van der Waals surface area contributed by atoms with Crippen molar-refractivity contribution in [3.05, 3.63) is 27.2 Å². The van der Waals surface area contributed by atoms with Gasteiger partial charge in [0.2, 0.25) is 6.79 Å². The van der Waals surface area contributed by atoms with Gasteiger partial charge in [0.25, 0.3) is 0 Å². The molecule has 0 fully saturated rings. The van der Waals surface area contributed by atoms with E-state index in [9.17, 15) is 4.79 Å². The van der Waals surface area contributed by atoms with Crippen LogP contribution < -0.4 is 9.47 Å². The first-order valence-corrected chi connectivity index (χ1v) is 7.96. The van der Waals surface area contributed by atoms with Gasteiger partial charge in [-0.3, -0.25) is 4.79 Å². The maximum atomic E-state index is 11.9. The Morgan fingerprint density at radius 3 is 3.00 bits per heavy atom. The Morgan fingerprint density at radius 1 is 1.25 bits per heavy atom. The van der Waals surface area contributed by atoms with E-state index >= 15 is 0 Å². The predicted octanol–water partition coefficient (Wildman–Crippen LogP) is 3.82. The largest absolute Gasteiger partial charge is 0.454 e. The molecule has 4 rings (SSSR count). The minimum atomic E-state index is 0.161. The molecule has 0 spiro atoms. The second kappa shape index (κ2) is 4.56. The summed E-state index contributed by atoms with van der Waals surface area (Å²) in [5.74, 6) is 1.61. The van der Waals surface area contributed by atoms with Gasteiger partial charge >= 0.3 is 0 Å². The number of ether oxygens (including phenoxy) is 2. The summed E-state index contributed by atoms with van der Waals surface area (Å²) in [6.07, 6.45) is 2.49. The number of ketones is 1. The number of thiazole rings is 1. The second-order valence-electron chi connectivity index (χ2n) is 4.76. The van der Waals surface area contributed by atoms with Crippen LogP contribution in [-0.4, -0.2) is 17.6 Å². The molecule has 0 saturated heterocycles. The predicted molar refractivity (Wildman–Crippen MR) is 78.6 cm³/mol. The lowest BCUT2D eigenvalue weighted by molar-refractivity contribution is 0.0968. The van der Waals surface area contributed by atoms with Crippen LogP contribution in [0.2, 0.25) is 0 Å². The van der Waals surface area contributed by atoms with Gasteiger partial charge in [-0.25, -0.2) is 4.98 Å². The molecule has 0 bridgehead atoms. The fourth-order valence-electron chi connectivity index (χ4n) is 2.48. The molecule has 0 atom stereocenters. The third-order valence-corrected chi connectivity index (χ3v) is 5.20. The van der Waals surface area contributed by atoms with Gasteiger partial charge in [0, 0.05) is 16.9 Å². The standard InChI is InChI=1S/C14H10BrNO3S/c15-8-4-7(5-10-13(8)19-6-18-10)14-16-12-9(17)2-1-3-11(12)20-14/h4-5H,1-3,6H2. The number of nitrogens with zero attached hydrogens (tertiary/aromatic N) is 1. The summed E-state index contributed by atoms with van der Waals surface area (Å²) in [6.45, 7) is 0.240. The Labute approximate surface area is 127 Å². The topological polar surface area (TPSA) is 48.4 Å². The molecule has 2 aromatic rings. The summed E-state index contributed by atoms with van der Waals surface area (Å²) < 4.78 is 11.6. The number of benzene rings is 1. The molecule has 4 nitrogen and oxygen atoms in total. The molecule has 0 unspecified atom stereocenters. The molecule has 1 aromatic carbocycles. The number of hydrogen-bond acceptors (Lipinski definition) is 5. The highest BCUT2D eigenvalue weighted by molar-refractivity contribution is 9.10. The number of aromatic nitrogens is 1. The maximum absolute atomic E-state index is 11.9. The second-order valence-corrected chi connectivity index (χ2v) is 6.70. The number of halogens is 1. The van der Waals surface area contributed by atoms with Crippen LogP contribution in [0.15, 0.2) is 16.6 Å². The van der Waals surface area contributed by atoms with Crippen molar-refractivity contribution in [1.29, 1.82) is 0 Å². The molecular formula is C14H10BrNO3S. The zero-order valence-electron chi connectivity index (χ0n) is 10.4. The first-order chi connectivity index (χ1) is 9.72. The molecule has 0 radical (unpaired) electrons. The summed E-state index contributed by atoms with van der Waals surface area (Å²) in [5.41, 5.74) is 1.61. The monoisotopic (exact) mass is 351 g/mol. The quantitative estimate of drug-likeness (QED) is 0.783. The Hall–Kier alpha value is -1.40. The van der Waals surface area contributed by atoms with E-state index in [1.807, 2.05) is 12.1 Å². The Bertz CT molecular complexity index is 725. The van der Waals surface area contributed by atoms with E-state index in [4.69, 9.17) is 9.47 Å². The Kier molecular flexibility index (Phi) is 2.82. The molecule has 6 heteroatoms. The van der Waals surface area contributed by atoms with Crippen LogP contribution in [0.4, 0.5) is 0 Å². The Morgan fingerprint density at radius 2 is 2.15 bits per heavy atom. The number of aryl methyl sites for hydroxylation is 1. The zero-order chi connectivity index (χ0) is 13.7. The molecule has 2 aliphatic rings. The summed E-state index contributed by atoms with van der Waals surface area (Å²) in [6, 6.07) is 3.88. The van der Waals surface area contributed by atoms with E-state index in [1.54, 1.807) is 11.3 Å². The lowest BCUT2D eigenvalue weighted by Crippen LogP contribution is -2.08. The number of hydrogen-bond donors (Lipinski definition) is 0. The number of fused-ring (bicyclic) bond motifs is 2. The molecule has 102 valence electrons. The fourth-order valence-corrected chi connectivity index (χ4v) is 4.15. The van der Waals surface area contributed by atoms with Crippen molar-refractivity contribution in [1.82, 2.24) is 4.98 Å². The van der Waals surface area contributed by atoms with Crippen molar-refractivity contribution in [2.75, 3.05) is 6.79 Å². The number of Topliss-reactive ketones (excluding diaryl/α,β-unsaturated/α-hetero) is 1. The highest BCUT2D eigenvalue weighted by Gasteiger charge is 2.24. The normalized spacial score (nSPS) is 16.4. The lowest BCUT2D eigenvalue weighted by Gasteiger charge is -2.06. The van der Waals surface area contributed by atoms with Gasteiger partial charge in [-0.15, -0.1) is 11.3 Å². The van der Waals surface area contributed by atoms with Crippen molar-refractivity contribution in [2.24, 2.45) is 0 Å². The van der Waals surface area contributed by atoms with E-state index in [2.05, 4.69) is 20.9 Å². The summed E-state index contributed by atoms with van der Waals surface area (Å²) in [4.78, 5) is 17.5. The Balaban J connectivity index is 1.82. The van der Waals surface area contributed by atoms with Crippen LogP contribution in [0.25, 0.3) is 10.6 Å². The SMILES string of the molecule is O=C1CCCc2sc(-c3cc(Br)c4c(c3)OCO4)nc21. The van der Waals surface area contributed by atoms with E-state index in [-0.39, 0.29) is 12.6 Å². The minimum Gasteiger partial charge on any atom is -0.454 e. The van der Waals surface area contributed by atoms with E-state index in [1.165, 1.54) is 0 Å². The maximum Gasteiger partial charge on any atom is 0.231 e. The highest BCUT2D eigenvalue weighted by atomic mass is 79.9. The molecule has 1 aromatic heterocycles. The number of rotatable bonds is 1. The number of carbonyl (C=O) groups is 1. The van der Waals surface area contributed by atoms with Crippen LogP contribution in [0, 0.1) is 0 Å². The van der Waals surface area contributed by atoms with Gasteiger partial charge in [-0.05, 0) is 40.9 Å². The van der Waals surface area contributed by atoms with Crippen LogP contribution >= 0.6 is 27.3 Å². The number of carbonyl (C=O) groups excluding carboxylic acids is 1. The van der Waals surface area contributed by atoms with E-state index in [0.717, 1.165) is 38.5 Å². The summed E-state index contributed by atoms with van der Waals surface area (Å²) >= 11 is 5.08. The third-order valence-electron chi connectivity index (χ3n) is 3.44. The van der Waals surface area contributed by atoms with Gasteiger partial charge in [-0.2, -0.15) is 0 Å². The summed E-state index contributed by atoms with van der Waals surface area (Å²) in [5, 5.41) is 0.865. The van der Waals surface area contributed by atoms with E-state index in [0.29, 0.717) is 17.9 Å². The molecular weight excluding hydrogens is 342 g/mol. The molecule has 1 aliphatic carbocycles. The highest BCUT2D eigenvalue weighted by Crippen LogP contribution is 2.43. The molecule has 0 N–H and O–H groups in total. The average Bonchev–Trinajstić information content (AvgIpc) is 3.04. The van der Waals surface area contributed by atoms with Crippen LogP contribution in [0.1, 0.15) is 28.2 Å². The van der Waals surface area contributed by atoms with Crippen molar-refractivity contribution in [2.45, 2.75) is 19.3 Å². The first-order valence-electron chi connectivity index (χ1n) is 6.35. The molecule has 0 amide bonds. The van der Waals surface area contributed by atoms with Gasteiger partial charge in [0.15, 0.2) is 17.3 Å². The van der Waals surface area contributed by atoms with Crippen LogP contribution in [0.3, 0.4) is 0 Å². The van der Waals surface area contributed by atoms with Crippen LogP contribution in [0.5, 0.6) is 11.5 Å². The van der Waals surface area contributed by atoms with Crippen LogP contribution in [-0.2, 0) is 6.42 Å². The molecule has 20 heavy (non-hydrogen) atoms.